The van der Waals surface area contributed by atoms with Crippen LogP contribution in [0.2, 0.25) is 0 Å². The van der Waals surface area contributed by atoms with Gasteiger partial charge < -0.3 is 10.6 Å². The van der Waals surface area contributed by atoms with E-state index in [0.29, 0.717) is 0 Å². The van der Waals surface area contributed by atoms with Gasteiger partial charge in [-0.1, -0.05) is 12.1 Å². The molecule has 1 heterocycles. The highest BCUT2D eigenvalue weighted by Crippen LogP contribution is 2.35. The molecule has 15 heavy (non-hydrogen) atoms. The van der Waals surface area contributed by atoms with E-state index in [-0.39, 0.29) is 5.54 Å². The number of rotatable bonds is 1. The van der Waals surface area contributed by atoms with Crippen molar-refractivity contribution < 1.29 is 0 Å². The first kappa shape index (κ1) is 10.3. The molecule has 0 bridgehead atoms. The number of para-hydroxylation sites is 2. The number of nitrogen functional groups attached to an aromatic ring is 1. The molecule has 1 aliphatic rings. The summed E-state index contributed by atoms with van der Waals surface area (Å²) < 4.78 is 0. The van der Waals surface area contributed by atoms with Gasteiger partial charge in [0.2, 0.25) is 0 Å². The number of anilines is 2. The molecule has 1 aromatic carbocycles. The average Bonchev–Trinajstić information content (AvgIpc) is 2.19. The molecule has 0 spiro atoms. The molecule has 0 amide bonds. The van der Waals surface area contributed by atoms with Crippen molar-refractivity contribution >= 4 is 11.4 Å². The van der Waals surface area contributed by atoms with E-state index in [1.807, 2.05) is 12.1 Å². The van der Waals surface area contributed by atoms with Gasteiger partial charge in [0.15, 0.2) is 0 Å². The molecule has 0 atom stereocenters. The third kappa shape index (κ3) is 1.94. The maximum Gasteiger partial charge on any atom is 0.0604 e. The van der Waals surface area contributed by atoms with Crippen LogP contribution in [-0.2, 0) is 0 Å². The van der Waals surface area contributed by atoms with E-state index in [0.717, 1.165) is 12.2 Å². The Morgan fingerprint density at radius 3 is 2.60 bits per heavy atom. The standard InChI is InChI=1S/C13H20N2/c1-13(2)9-5-6-10-15(13)12-8-4-3-7-11(12)14/h3-4,7-8H,5-6,9-10,14H2,1-2H3. The predicted octanol–water partition coefficient (Wildman–Crippen LogP) is 3.04. The summed E-state index contributed by atoms with van der Waals surface area (Å²) in [6, 6.07) is 8.18. The molecule has 2 heteroatoms. The fourth-order valence-electron chi connectivity index (χ4n) is 2.45. The van der Waals surface area contributed by atoms with Gasteiger partial charge in [0.1, 0.15) is 0 Å². The lowest BCUT2D eigenvalue weighted by atomic mass is 9.89. The first-order valence-corrected chi connectivity index (χ1v) is 5.73. The molecule has 2 rings (SSSR count). The minimum atomic E-state index is 0.244. The summed E-state index contributed by atoms with van der Waals surface area (Å²) in [5.41, 5.74) is 8.37. The Morgan fingerprint density at radius 1 is 1.20 bits per heavy atom. The van der Waals surface area contributed by atoms with E-state index < -0.39 is 0 Å². The SMILES string of the molecule is CC1(C)CCCCN1c1ccccc1N. The fraction of sp³-hybridized carbons (Fsp3) is 0.538. The quantitative estimate of drug-likeness (QED) is 0.712. The zero-order chi connectivity index (χ0) is 10.9. The molecule has 0 aromatic heterocycles. The molecular weight excluding hydrogens is 184 g/mol. The maximum atomic E-state index is 6.03. The molecule has 0 aliphatic carbocycles. The van der Waals surface area contributed by atoms with Crippen LogP contribution in [0.5, 0.6) is 0 Å². The number of nitrogens with two attached hydrogens (primary N) is 1. The summed E-state index contributed by atoms with van der Waals surface area (Å²) in [4.78, 5) is 2.45. The molecule has 82 valence electrons. The Labute approximate surface area is 92.1 Å². The summed E-state index contributed by atoms with van der Waals surface area (Å²) >= 11 is 0. The second-order valence-corrected chi connectivity index (χ2v) is 4.98. The number of hydrogen-bond acceptors (Lipinski definition) is 2. The number of benzene rings is 1. The van der Waals surface area contributed by atoms with Crippen molar-refractivity contribution in [2.75, 3.05) is 17.2 Å². The van der Waals surface area contributed by atoms with Gasteiger partial charge >= 0.3 is 0 Å². The third-order valence-corrected chi connectivity index (χ3v) is 3.38. The van der Waals surface area contributed by atoms with Crippen LogP contribution in [0.25, 0.3) is 0 Å². The topological polar surface area (TPSA) is 29.3 Å². The number of nitrogens with zero attached hydrogens (tertiary/aromatic N) is 1. The summed E-state index contributed by atoms with van der Waals surface area (Å²) in [6.07, 6.45) is 3.86. The molecule has 1 aliphatic heterocycles. The zero-order valence-electron chi connectivity index (χ0n) is 9.66. The van der Waals surface area contributed by atoms with E-state index in [1.165, 1.54) is 24.9 Å². The van der Waals surface area contributed by atoms with Gasteiger partial charge in [0, 0.05) is 12.1 Å². The minimum Gasteiger partial charge on any atom is -0.397 e. The first-order valence-electron chi connectivity index (χ1n) is 5.73. The molecule has 1 aromatic rings. The Bertz CT molecular complexity index is 344. The summed E-state index contributed by atoms with van der Waals surface area (Å²) in [6.45, 7) is 5.73. The highest BCUT2D eigenvalue weighted by molar-refractivity contribution is 5.68. The van der Waals surface area contributed by atoms with E-state index >= 15 is 0 Å². The van der Waals surface area contributed by atoms with Gasteiger partial charge in [-0.15, -0.1) is 0 Å². The molecule has 1 fully saturated rings. The van der Waals surface area contributed by atoms with Gasteiger partial charge in [0.05, 0.1) is 11.4 Å². The van der Waals surface area contributed by atoms with Crippen LogP contribution in [0.1, 0.15) is 33.1 Å². The summed E-state index contributed by atoms with van der Waals surface area (Å²) in [7, 11) is 0. The van der Waals surface area contributed by atoms with Crippen molar-refractivity contribution in [3.8, 4) is 0 Å². The van der Waals surface area contributed by atoms with Gasteiger partial charge in [-0.25, -0.2) is 0 Å². The average molecular weight is 204 g/mol. The maximum absolute atomic E-state index is 6.03. The molecule has 0 unspecified atom stereocenters. The number of piperidine rings is 1. The van der Waals surface area contributed by atoms with Gasteiger partial charge in [-0.2, -0.15) is 0 Å². The van der Waals surface area contributed by atoms with Crippen LogP contribution in [0.15, 0.2) is 24.3 Å². The van der Waals surface area contributed by atoms with Crippen molar-refractivity contribution in [1.82, 2.24) is 0 Å². The smallest absolute Gasteiger partial charge is 0.0604 e. The fourth-order valence-corrected chi connectivity index (χ4v) is 2.45. The monoisotopic (exact) mass is 204 g/mol. The Hall–Kier alpha value is -1.18. The van der Waals surface area contributed by atoms with E-state index in [4.69, 9.17) is 5.73 Å². The van der Waals surface area contributed by atoms with Gasteiger partial charge in [0.25, 0.3) is 0 Å². The highest BCUT2D eigenvalue weighted by atomic mass is 15.2. The number of hydrogen-bond donors (Lipinski definition) is 1. The summed E-state index contributed by atoms with van der Waals surface area (Å²) in [5, 5.41) is 0. The predicted molar refractivity (Wildman–Crippen MR) is 66.1 cm³/mol. The van der Waals surface area contributed by atoms with E-state index in [9.17, 15) is 0 Å². The second-order valence-electron chi connectivity index (χ2n) is 4.98. The highest BCUT2D eigenvalue weighted by Gasteiger charge is 2.30. The third-order valence-electron chi connectivity index (χ3n) is 3.38. The van der Waals surface area contributed by atoms with Crippen molar-refractivity contribution in [3.63, 3.8) is 0 Å². The Balaban J connectivity index is 2.33. The molecule has 0 radical (unpaired) electrons. The van der Waals surface area contributed by atoms with Crippen LogP contribution in [0.4, 0.5) is 11.4 Å². The van der Waals surface area contributed by atoms with Crippen molar-refractivity contribution in [1.29, 1.82) is 0 Å². The van der Waals surface area contributed by atoms with Crippen LogP contribution in [0, 0.1) is 0 Å². The van der Waals surface area contributed by atoms with Crippen molar-refractivity contribution in [2.24, 2.45) is 0 Å². The van der Waals surface area contributed by atoms with Gasteiger partial charge in [-0.05, 0) is 45.2 Å². The minimum absolute atomic E-state index is 0.244. The zero-order valence-corrected chi connectivity index (χ0v) is 9.66. The normalized spacial score (nSPS) is 20.3. The molecule has 0 saturated carbocycles. The Kier molecular flexibility index (Phi) is 2.59. The van der Waals surface area contributed by atoms with Crippen molar-refractivity contribution in [2.45, 2.75) is 38.6 Å². The molecule has 2 nitrogen and oxygen atoms in total. The summed E-state index contributed by atoms with van der Waals surface area (Å²) in [5.74, 6) is 0. The van der Waals surface area contributed by atoms with E-state index in [1.54, 1.807) is 0 Å². The molecule has 2 N–H and O–H groups in total. The first-order chi connectivity index (χ1) is 7.11. The van der Waals surface area contributed by atoms with Crippen molar-refractivity contribution in [3.05, 3.63) is 24.3 Å². The molecule has 1 saturated heterocycles. The van der Waals surface area contributed by atoms with E-state index in [2.05, 4.69) is 30.9 Å². The lowest BCUT2D eigenvalue weighted by Gasteiger charge is -2.44. The lowest BCUT2D eigenvalue weighted by molar-refractivity contribution is 0.362. The van der Waals surface area contributed by atoms with Crippen LogP contribution >= 0.6 is 0 Å². The largest absolute Gasteiger partial charge is 0.397 e. The van der Waals surface area contributed by atoms with Crippen LogP contribution < -0.4 is 10.6 Å². The Morgan fingerprint density at radius 2 is 1.93 bits per heavy atom. The van der Waals surface area contributed by atoms with Crippen LogP contribution in [0.3, 0.4) is 0 Å². The lowest BCUT2D eigenvalue weighted by Crippen LogP contribution is -2.47. The van der Waals surface area contributed by atoms with Gasteiger partial charge in [-0.3, -0.25) is 0 Å². The second kappa shape index (κ2) is 3.76. The molecular formula is C13H20N2. The van der Waals surface area contributed by atoms with Crippen LogP contribution in [-0.4, -0.2) is 12.1 Å².